The number of carbonyl (C=O) groups is 3. The summed E-state index contributed by atoms with van der Waals surface area (Å²) in [4.78, 5) is 38.8. The standard InChI is InChI=1S/C22H31N3O4/c1-15(2)23-20(26)13-25-18-12-16(10-11-19(18)29-14-21(25)27)22(28)24-17-8-6-4-3-5-7-9-17/h10-12,15,17H,3-9,13-14H2,1-2H3,(H,23,26)(H,24,28). The summed E-state index contributed by atoms with van der Waals surface area (Å²) in [5, 5.41) is 5.93. The van der Waals surface area contributed by atoms with Gasteiger partial charge in [0.05, 0.1) is 5.69 Å². The summed E-state index contributed by atoms with van der Waals surface area (Å²) in [6.45, 7) is 3.52. The quantitative estimate of drug-likeness (QED) is 0.794. The molecular weight excluding hydrogens is 370 g/mol. The fraction of sp³-hybridized carbons (Fsp3) is 0.591. The molecule has 0 unspecified atom stereocenters. The van der Waals surface area contributed by atoms with Crippen molar-refractivity contribution in [3.63, 3.8) is 0 Å². The molecule has 0 saturated heterocycles. The molecule has 1 aromatic carbocycles. The van der Waals surface area contributed by atoms with Crippen LogP contribution in [-0.2, 0) is 9.59 Å². The number of hydrogen-bond donors (Lipinski definition) is 2. The molecule has 2 aliphatic rings. The lowest BCUT2D eigenvalue weighted by atomic mass is 9.96. The number of ether oxygens (including phenoxy) is 1. The second-order valence-corrected chi connectivity index (χ2v) is 8.19. The van der Waals surface area contributed by atoms with Crippen molar-refractivity contribution in [1.82, 2.24) is 10.6 Å². The van der Waals surface area contributed by atoms with Crippen LogP contribution in [0.3, 0.4) is 0 Å². The number of amides is 3. The third-order valence-corrected chi connectivity index (χ3v) is 5.36. The Morgan fingerprint density at radius 1 is 1.14 bits per heavy atom. The molecule has 158 valence electrons. The van der Waals surface area contributed by atoms with Gasteiger partial charge in [0.1, 0.15) is 12.3 Å². The number of hydrogen-bond acceptors (Lipinski definition) is 4. The lowest BCUT2D eigenvalue weighted by Crippen LogP contribution is -2.46. The molecule has 3 amide bonds. The third-order valence-electron chi connectivity index (χ3n) is 5.36. The van der Waals surface area contributed by atoms with E-state index >= 15 is 0 Å². The van der Waals surface area contributed by atoms with Gasteiger partial charge in [-0.15, -0.1) is 0 Å². The van der Waals surface area contributed by atoms with Crippen LogP contribution in [0.1, 0.15) is 69.2 Å². The van der Waals surface area contributed by atoms with Crippen molar-refractivity contribution in [1.29, 1.82) is 0 Å². The molecule has 2 N–H and O–H groups in total. The molecule has 29 heavy (non-hydrogen) atoms. The number of benzene rings is 1. The highest BCUT2D eigenvalue weighted by Crippen LogP contribution is 2.33. The van der Waals surface area contributed by atoms with E-state index in [9.17, 15) is 14.4 Å². The van der Waals surface area contributed by atoms with Crippen LogP contribution in [0.5, 0.6) is 5.75 Å². The van der Waals surface area contributed by atoms with E-state index in [1.165, 1.54) is 24.2 Å². The summed E-state index contributed by atoms with van der Waals surface area (Å²) < 4.78 is 5.49. The normalized spacial score (nSPS) is 17.8. The molecule has 1 saturated carbocycles. The van der Waals surface area contributed by atoms with Gasteiger partial charge < -0.3 is 15.4 Å². The molecule has 0 radical (unpaired) electrons. The summed E-state index contributed by atoms with van der Waals surface area (Å²) in [7, 11) is 0. The van der Waals surface area contributed by atoms with Gasteiger partial charge in [-0.1, -0.05) is 32.1 Å². The fourth-order valence-electron chi connectivity index (χ4n) is 3.90. The van der Waals surface area contributed by atoms with Crippen LogP contribution >= 0.6 is 0 Å². The topological polar surface area (TPSA) is 87.7 Å². The molecule has 0 aromatic heterocycles. The van der Waals surface area contributed by atoms with Crippen LogP contribution in [0.25, 0.3) is 0 Å². The minimum atomic E-state index is -0.297. The van der Waals surface area contributed by atoms with Gasteiger partial charge in [0.15, 0.2) is 6.61 Å². The Morgan fingerprint density at radius 3 is 2.52 bits per heavy atom. The van der Waals surface area contributed by atoms with Gasteiger partial charge in [0.25, 0.3) is 11.8 Å². The van der Waals surface area contributed by atoms with Crippen LogP contribution in [0.4, 0.5) is 5.69 Å². The fourth-order valence-corrected chi connectivity index (χ4v) is 3.90. The predicted octanol–water partition coefficient (Wildman–Crippen LogP) is 2.78. The third kappa shape index (κ3) is 5.71. The number of rotatable bonds is 5. The van der Waals surface area contributed by atoms with Crippen molar-refractivity contribution in [2.75, 3.05) is 18.1 Å². The molecule has 0 spiro atoms. The van der Waals surface area contributed by atoms with Crippen molar-refractivity contribution in [2.24, 2.45) is 0 Å². The second kappa shape index (κ2) is 9.76. The summed E-state index contributed by atoms with van der Waals surface area (Å²) in [5.41, 5.74) is 0.934. The second-order valence-electron chi connectivity index (χ2n) is 8.19. The first-order valence-electron chi connectivity index (χ1n) is 10.6. The molecule has 7 heteroatoms. The Hall–Kier alpha value is -2.57. The maximum atomic E-state index is 12.8. The number of carbonyl (C=O) groups excluding carboxylic acids is 3. The van der Waals surface area contributed by atoms with E-state index in [1.807, 2.05) is 13.8 Å². The molecule has 7 nitrogen and oxygen atoms in total. The smallest absolute Gasteiger partial charge is 0.265 e. The molecule has 0 atom stereocenters. The van der Waals surface area contributed by atoms with Crippen LogP contribution in [-0.4, -0.2) is 43.0 Å². The van der Waals surface area contributed by atoms with Crippen LogP contribution in [0.15, 0.2) is 18.2 Å². The van der Waals surface area contributed by atoms with E-state index < -0.39 is 0 Å². The van der Waals surface area contributed by atoms with Gasteiger partial charge in [-0.3, -0.25) is 19.3 Å². The lowest BCUT2D eigenvalue weighted by molar-refractivity contribution is -0.125. The Labute approximate surface area is 172 Å². The Bertz CT molecular complexity index is 754. The minimum Gasteiger partial charge on any atom is -0.482 e. The zero-order valence-electron chi connectivity index (χ0n) is 17.3. The molecule has 1 fully saturated rings. The highest BCUT2D eigenvalue weighted by molar-refractivity contribution is 6.04. The monoisotopic (exact) mass is 401 g/mol. The number of fused-ring (bicyclic) bond motifs is 1. The van der Waals surface area contributed by atoms with Crippen LogP contribution < -0.4 is 20.3 Å². The first kappa shape index (κ1) is 21.1. The zero-order valence-corrected chi connectivity index (χ0v) is 17.3. The first-order valence-corrected chi connectivity index (χ1v) is 10.6. The zero-order chi connectivity index (χ0) is 20.8. The van der Waals surface area contributed by atoms with E-state index in [1.54, 1.807) is 18.2 Å². The van der Waals surface area contributed by atoms with Crippen LogP contribution in [0.2, 0.25) is 0 Å². The summed E-state index contributed by atoms with van der Waals surface area (Å²) in [6.07, 6.45) is 7.99. The van der Waals surface area contributed by atoms with Crippen molar-refractivity contribution in [3.05, 3.63) is 23.8 Å². The largest absolute Gasteiger partial charge is 0.482 e. The summed E-state index contributed by atoms with van der Waals surface area (Å²) >= 11 is 0. The van der Waals surface area contributed by atoms with E-state index in [0.29, 0.717) is 17.0 Å². The number of anilines is 1. The average molecular weight is 402 g/mol. The van der Waals surface area contributed by atoms with E-state index in [4.69, 9.17) is 4.74 Å². The van der Waals surface area contributed by atoms with Gasteiger partial charge in [-0.05, 0) is 44.9 Å². The van der Waals surface area contributed by atoms with E-state index in [0.717, 1.165) is 25.7 Å². The molecule has 0 bridgehead atoms. The maximum Gasteiger partial charge on any atom is 0.265 e. The van der Waals surface area contributed by atoms with Crippen molar-refractivity contribution in [3.8, 4) is 5.75 Å². The Morgan fingerprint density at radius 2 is 1.83 bits per heavy atom. The molecule has 1 aromatic rings. The lowest BCUT2D eigenvalue weighted by Gasteiger charge is -2.29. The molecule has 1 aliphatic carbocycles. The van der Waals surface area contributed by atoms with Gasteiger partial charge >= 0.3 is 0 Å². The molecule has 1 heterocycles. The van der Waals surface area contributed by atoms with Gasteiger partial charge in [0, 0.05) is 17.6 Å². The summed E-state index contributed by atoms with van der Waals surface area (Å²) in [5.74, 6) is -0.188. The molecule has 1 aliphatic heterocycles. The van der Waals surface area contributed by atoms with E-state index in [2.05, 4.69) is 10.6 Å². The highest BCUT2D eigenvalue weighted by Gasteiger charge is 2.28. The van der Waals surface area contributed by atoms with Gasteiger partial charge in [-0.25, -0.2) is 0 Å². The predicted molar refractivity (Wildman–Crippen MR) is 111 cm³/mol. The molecular formula is C22H31N3O4. The average Bonchev–Trinajstić information content (AvgIpc) is 2.65. The SMILES string of the molecule is CC(C)NC(=O)CN1C(=O)COc2ccc(C(=O)NC3CCCCCCC3)cc21. The minimum absolute atomic E-state index is 0.0148. The van der Waals surface area contributed by atoms with Gasteiger partial charge in [0.2, 0.25) is 5.91 Å². The Kier molecular flexibility index (Phi) is 7.12. The molecule has 3 rings (SSSR count). The van der Waals surface area contributed by atoms with Crippen molar-refractivity contribution in [2.45, 2.75) is 70.9 Å². The maximum absolute atomic E-state index is 12.8. The number of nitrogens with zero attached hydrogens (tertiary/aromatic N) is 1. The highest BCUT2D eigenvalue weighted by atomic mass is 16.5. The van der Waals surface area contributed by atoms with Gasteiger partial charge in [-0.2, -0.15) is 0 Å². The van der Waals surface area contributed by atoms with E-state index in [-0.39, 0.29) is 43.0 Å². The van der Waals surface area contributed by atoms with Crippen LogP contribution in [0, 0.1) is 0 Å². The van der Waals surface area contributed by atoms with Crippen molar-refractivity contribution < 1.29 is 19.1 Å². The first-order chi connectivity index (χ1) is 13.9. The Balaban J connectivity index is 1.74. The summed E-state index contributed by atoms with van der Waals surface area (Å²) in [6, 6.07) is 5.22. The van der Waals surface area contributed by atoms with Crippen molar-refractivity contribution >= 4 is 23.4 Å². The number of nitrogens with one attached hydrogen (secondary N) is 2.